The van der Waals surface area contributed by atoms with Crippen LogP contribution in [0.15, 0.2) is 48.7 Å². The standard InChI is InChI=1S/C20H18FN3O2/c1-26-19-4-2-3-17-15(19)10-18(24-17)20(25)22-8-7-12-11-23-16-6-5-13(21)9-14(12)16/h2-6,9-11,23-24H,7-8H2,1H3,(H,22,25). The number of hydrogen-bond donors (Lipinski definition) is 3. The van der Waals surface area contributed by atoms with Crippen molar-refractivity contribution in [1.82, 2.24) is 15.3 Å². The summed E-state index contributed by atoms with van der Waals surface area (Å²) in [7, 11) is 1.60. The minimum Gasteiger partial charge on any atom is -0.496 e. The number of carbonyl (C=O) groups is 1. The number of halogens is 1. The summed E-state index contributed by atoms with van der Waals surface area (Å²) in [5, 5.41) is 4.61. The Labute approximate surface area is 149 Å². The molecule has 0 saturated heterocycles. The van der Waals surface area contributed by atoms with Gasteiger partial charge in [-0.2, -0.15) is 0 Å². The molecule has 0 aliphatic heterocycles. The molecule has 0 atom stereocenters. The lowest BCUT2D eigenvalue weighted by molar-refractivity contribution is 0.0950. The highest BCUT2D eigenvalue weighted by Crippen LogP contribution is 2.26. The highest BCUT2D eigenvalue weighted by molar-refractivity contribution is 5.99. The van der Waals surface area contributed by atoms with Crippen LogP contribution >= 0.6 is 0 Å². The largest absolute Gasteiger partial charge is 0.496 e. The number of amides is 1. The minimum atomic E-state index is -0.269. The molecule has 0 bridgehead atoms. The Hall–Kier alpha value is -3.28. The maximum atomic E-state index is 13.4. The number of methoxy groups -OCH3 is 1. The summed E-state index contributed by atoms with van der Waals surface area (Å²) in [5.74, 6) is 0.266. The van der Waals surface area contributed by atoms with Gasteiger partial charge in [0.15, 0.2) is 0 Å². The van der Waals surface area contributed by atoms with Crippen LogP contribution in [0.1, 0.15) is 16.1 Å². The summed E-state index contributed by atoms with van der Waals surface area (Å²) >= 11 is 0. The van der Waals surface area contributed by atoms with E-state index in [1.54, 1.807) is 19.2 Å². The predicted octanol–water partition coefficient (Wildman–Crippen LogP) is 3.77. The van der Waals surface area contributed by atoms with Crippen molar-refractivity contribution in [2.45, 2.75) is 6.42 Å². The van der Waals surface area contributed by atoms with E-state index in [0.717, 1.165) is 33.1 Å². The number of nitrogens with one attached hydrogen (secondary N) is 3. The molecule has 0 radical (unpaired) electrons. The van der Waals surface area contributed by atoms with Crippen LogP contribution in [0.3, 0.4) is 0 Å². The topological polar surface area (TPSA) is 69.9 Å². The van der Waals surface area contributed by atoms with E-state index in [1.165, 1.54) is 12.1 Å². The van der Waals surface area contributed by atoms with Gasteiger partial charge in [0.2, 0.25) is 0 Å². The molecule has 26 heavy (non-hydrogen) atoms. The predicted molar refractivity (Wildman–Crippen MR) is 99.1 cm³/mol. The summed E-state index contributed by atoms with van der Waals surface area (Å²) in [6.07, 6.45) is 2.46. The highest BCUT2D eigenvalue weighted by atomic mass is 19.1. The zero-order chi connectivity index (χ0) is 18.1. The molecule has 0 saturated carbocycles. The SMILES string of the molecule is COc1cccc2[nH]c(C(=O)NCCc3c[nH]c4ccc(F)cc34)cc12. The quantitative estimate of drug-likeness (QED) is 0.512. The van der Waals surface area contributed by atoms with Crippen molar-refractivity contribution in [3.8, 4) is 5.75 Å². The molecule has 3 N–H and O–H groups in total. The first-order valence-electron chi connectivity index (χ1n) is 8.35. The van der Waals surface area contributed by atoms with Gasteiger partial charge in [-0.15, -0.1) is 0 Å². The average molecular weight is 351 g/mol. The zero-order valence-corrected chi connectivity index (χ0v) is 14.2. The van der Waals surface area contributed by atoms with Crippen LogP contribution in [0.5, 0.6) is 5.75 Å². The maximum Gasteiger partial charge on any atom is 0.267 e. The molecule has 0 fully saturated rings. The van der Waals surface area contributed by atoms with Gasteiger partial charge in [-0.1, -0.05) is 6.07 Å². The van der Waals surface area contributed by atoms with E-state index in [1.807, 2.05) is 24.4 Å². The molecule has 0 spiro atoms. The molecule has 1 amide bonds. The smallest absolute Gasteiger partial charge is 0.267 e. The van der Waals surface area contributed by atoms with Crippen molar-refractivity contribution in [3.05, 3.63) is 65.7 Å². The fourth-order valence-corrected chi connectivity index (χ4v) is 3.19. The summed E-state index contributed by atoms with van der Waals surface area (Å²) in [4.78, 5) is 18.6. The fourth-order valence-electron chi connectivity index (χ4n) is 3.19. The molecular weight excluding hydrogens is 333 g/mol. The van der Waals surface area contributed by atoms with Crippen molar-refractivity contribution in [2.24, 2.45) is 0 Å². The lowest BCUT2D eigenvalue weighted by Gasteiger charge is -2.03. The average Bonchev–Trinajstić information content (AvgIpc) is 3.25. The molecule has 4 aromatic rings. The Morgan fingerprint density at radius 1 is 1.15 bits per heavy atom. The molecule has 2 heterocycles. The van der Waals surface area contributed by atoms with Crippen LogP contribution in [0.2, 0.25) is 0 Å². The number of aromatic amines is 2. The summed E-state index contributed by atoms with van der Waals surface area (Å²) in [5.41, 5.74) is 3.18. The molecule has 0 unspecified atom stereocenters. The van der Waals surface area contributed by atoms with E-state index in [9.17, 15) is 9.18 Å². The van der Waals surface area contributed by atoms with Crippen LogP contribution in [0.25, 0.3) is 21.8 Å². The number of aromatic nitrogens is 2. The molecule has 2 aromatic carbocycles. The van der Waals surface area contributed by atoms with Crippen LogP contribution in [-0.2, 0) is 6.42 Å². The molecule has 0 aliphatic carbocycles. The second-order valence-electron chi connectivity index (χ2n) is 6.11. The van der Waals surface area contributed by atoms with Gasteiger partial charge in [0.25, 0.3) is 5.91 Å². The molecule has 4 rings (SSSR count). The van der Waals surface area contributed by atoms with Crippen LogP contribution < -0.4 is 10.1 Å². The molecule has 2 aromatic heterocycles. The highest BCUT2D eigenvalue weighted by Gasteiger charge is 2.12. The monoisotopic (exact) mass is 351 g/mol. The van der Waals surface area contributed by atoms with Crippen molar-refractivity contribution < 1.29 is 13.9 Å². The normalized spacial score (nSPS) is 11.2. The van der Waals surface area contributed by atoms with E-state index < -0.39 is 0 Å². The van der Waals surface area contributed by atoms with Gasteiger partial charge in [-0.3, -0.25) is 4.79 Å². The first kappa shape index (κ1) is 16.2. The van der Waals surface area contributed by atoms with Gasteiger partial charge < -0.3 is 20.0 Å². The van der Waals surface area contributed by atoms with E-state index >= 15 is 0 Å². The zero-order valence-electron chi connectivity index (χ0n) is 14.2. The third kappa shape index (κ3) is 2.90. The van der Waals surface area contributed by atoms with Crippen molar-refractivity contribution in [3.63, 3.8) is 0 Å². The van der Waals surface area contributed by atoms with Gasteiger partial charge in [0.1, 0.15) is 17.3 Å². The molecule has 0 aliphatic rings. The second kappa shape index (κ2) is 6.55. The maximum absolute atomic E-state index is 13.4. The van der Waals surface area contributed by atoms with Crippen molar-refractivity contribution >= 4 is 27.7 Å². The first-order chi connectivity index (χ1) is 12.7. The van der Waals surface area contributed by atoms with Crippen LogP contribution in [0, 0.1) is 5.82 Å². The molecule has 132 valence electrons. The van der Waals surface area contributed by atoms with Crippen LogP contribution in [0.4, 0.5) is 4.39 Å². The number of rotatable bonds is 5. The fraction of sp³-hybridized carbons (Fsp3) is 0.150. The van der Waals surface area contributed by atoms with Crippen molar-refractivity contribution in [1.29, 1.82) is 0 Å². The van der Waals surface area contributed by atoms with Gasteiger partial charge in [-0.05, 0) is 48.4 Å². The number of benzene rings is 2. The molecule has 5 nitrogen and oxygen atoms in total. The number of carbonyl (C=O) groups excluding carboxylic acids is 1. The third-order valence-electron chi connectivity index (χ3n) is 4.50. The number of fused-ring (bicyclic) bond motifs is 2. The molecule has 6 heteroatoms. The minimum absolute atomic E-state index is 0.186. The van der Waals surface area contributed by atoms with Gasteiger partial charge in [0, 0.05) is 34.5 Å². The lowest BCUT2D eigenvalue weighted by atomic mass is 10.1. The third-order valence-corrected chi connectivity index (χ3v) is 4.50. The van der Waals surface area contributed by atoms with E-state index in [0.29, 0.717) is 18.7 Å². The lowest BCUT2D eigenvalue weighted by Crippen LogP contribution is -2.25. The van der Waals surface area contributed by atoms with E-state index in [4.69, 9.17) is 4.74 Å². The Morgan fingerprint density at radius 3 is 2.88 bits per heavy atom. The Morgan fingerprint density at radius 2 is 2.04 bits per heavy atom. The van der Waals surface area contributed by atoms with Gasteiger partial charge in [0.05, 0.1) is 7.11 Å². The Balaban J connectivity index is 1.46. The Kier molecular flexibility index (Phi) is 4.08. The summed E-state index contributed by atoms with van der Waals surface area (Å²) in [6, 6.07) is 12.1. The Bertz CT molecular complexity index is 1100. The number of ether oxygens (including phenoxy) is 1. The van der Waals surface area contributed by atoms with Gasteiger partial charge in [-0.25, -0.2) is 4.39 Å². The first-order valence-corrected chi connectivity index (χ1v) is 8.35. The number of hydrogen-bond acceptors (Lipinski definition) is 2. The van der Waals surface area contributed by atoms with Crippen LogP contribution in [-0.4, -0.2) is 29.5 Å². The summed E-state index contributed by atoms with van der Waals surface area (Å²) in [6.45, 7) is 0.453. The summed E-state index contributed by atoms with van der Waals surface area (Å²) < 4.78 is 18.7. The number of H-pyrrole nitrogens is 2. The van der Waals surface area contributed by atoms with E-state index in [-0.39, 0.29) is 11.7 Å². The molecular formula is C20H18FN3O2. The van der Waals surface area contributed by atoms with Crippen molar-refractivity contribution in [2.75, 3.05) is 13.7 Å². The van der Waals surface area contributed by atoms with Gasteiger partial charge >= 0.3 is 0 Å². The van der Waals surface area contributed by atoms with E-state index in [2.05, 4.69) is 15.3 Å². The second-order valence-corrected chi connectivity index (χ2v) is 6.11.